The summed E-state index contributed by atoms with van der Waals surface area (Å²) in [5.41, 5.74) is 1.34. The molecule has 0 spiro atoms. The normalized spacial score (nSPS) is 10.7. The monoisotopic (exact) mass is 684 g/mol. The van der Waals surface area contributed by atoms with E-state index < -0.39 is 18.0 Å². The molecule has 0 bridgehead atoms. The van der Waals surface area contributed by atoms with Gasteiger partial charge >= 0.3 is 23.9 Å². The smallest absolute Gasteiger partial charge is 0.333 e. The van der Waals surface area contributed by atoms with Crippen LogP contribution in [-0.4, -0.2) is 84.0 Å². The Kier molecular flexibility index (Phi) is 31.2. The zero-order valence-electron chi connectivity index (χ0n) is 31.8. The van der Waals surface area contributed by atoms with Crippen molar-refractivity contribution in [3.8, 4) is 0 Å². The SMILES string of the molecule is C=C(C)C(=O)OC.C=C(C)C(=O)OCC(C)O.C=C(C)C(=O)OCCNC(C)(C)C.C=CC(=O)NC(C)(C)CC(C)(C)C.C=CC(=O)O. The van der Waals surface area contributed by atoms with Crippen molar-refractivity contribution in [3.05, 3.63) is 61.8 Å². The molecule has 48 heavy (non-hydrogen) atoms. The molecule has 0 fully saturated rings. The number of carboxylic acids is 1. The number of aliphatic hydroxyl groups is 1. The molecular formula is C36H64N2O10. The summed E-state index contributed by atoms with van der Waals surface area (Å²) >= 11 is 0. The number of hydrogen-bond acceptors (Lipinski definition) is 10. The Morgan fingerprint density at radius 3 is 1.42 bits per heavy atom. The predicted octanol–water partition coefficient (Wildman–Crippen LogP) is 5.48. The van der Waals surface area contributed by atoms with Crippen LogP contribution in [0.1, 0.15) is 89.5 Å². The van der Waals surface area contributed by atoms with Gasteiger partial charge in [0.1, 0.15) is 13.2 Å². The van der Waals surface area contributed by atoms with Crippen molar-refractivity contribution in [3.63, 3.8) is 0 Å². The lowest BCUT2D eigenvalue weighted by atomic mass is 9.82. The van der Waals surface area contributed by atoms with Crippen molar-refractivity contribution in [1.82, 2.24) is 10.6 Å². The van der Waals surface area contributed by atoms with Gasteiger partial charge in [0.25, 0.3) is 0 Å². The number of esters is 3. The number of aliphatic hydroxyl groups excluding tert-OH is 1. The Morgan fingerprint density at radius 2 is 1.17 bits per heavy atom. The van der Waals surface area contributed by atoms with E-state index in [9.17, 15) is 24.0 Å². The molecule has 12 heteroatoms. The van der Waals surface area contributed by atoms with Gasteiger partial charge in [-0.15, -0.1) is 0 Å². The average Bonchev–Trinajstić information content (AvgIpc) is 2.92. The van der Waals surface area contributed by atoms with Crippen LogP contribution in [0, 0.1) is 5.41 Å². The van der Waals surface area contributed by atoms with Crippen molar-refractivity contribution < 1.29 is 48.4 Å². The number of hydrogen-bond donors (Lipinski definition) is 4. The lowest BCUT2D eigenvalue weighted by Gasteiger charge is -2.32. The Hall–Kier alpha value is -4.03. The summed E-state index contributed by atoms with van der Waals surface area (Å²) < 4.78 is 13.7. The fourth-order valence-corrected chi connectivity index (χ4v) is 2.94. The second kappa shape index (κ2) is 28.0. The molecule has 0 saturated heterocycles. The highest BCUT2D eigenvalue weighted by Crippen LogP contribution is 2.26. The molecule has 0 saturated carbocycles. The van der Waals surface area contributed by atoms with Gasteiger partial charge in [0.15, 0.2) is 0 Å². The maximum Gasteiger partial charge on any atom is 0.333 e. The first-order chi connectivity index (χ1) is 21.5. The van der Waals surface area contributed by atoms with E-state index in [4.69, 9.17) is 14.9 Å². The zero-order valence-corrected chi connectivity index (χ0v) is 31.8. The van der Waals surface area contributed by atoms with E-state index in [2.05, 4.69) is 94.5 Å². The minimum atomic E-state index is -0.981. The van der Waals surface area contributed by atoms with Crippen LogP contribution in [-0.2, 0) is 38.2 Å². The summed E-state index contributed by atoms with van der Waals surface area (Å²) in [6.07, 6.45) is 2.48. The number of rotatable bonds is 12. The molecule has 0 aliphatic rings. The van der Waals surface area contributed by atoms with Crippen LogP contribution >= 0.6 is 0 Å². The van der Waals surface area contributed by atoms with Crippen molar-refractivity contribution in [2.75, 3.05) is 26.9 Å². The van der Waals surface area contributed by atoms with Crippen LogP contribution in [0.3, 0.4) is 0 Å². The van der Waals surface area contributed by atoms with E-state index in [1.165, 1.54) is 13.2 Å². The maximum atomic E-state index is 11.1. The van der Waals surface area contributed by atoms with E-state index >= 15 is 0 Å². The molecule has 0 rings (SSSR count). The molecular weight excluding hydrogens is 620 g/mol. The van der Waals surface area contributed by atoms with E-state index in [1.54, 1.807) is 27.7 Å². The van der Waals surface area contributed by atoms with Crippen LogP contribution in [0.5, 0.6) is 0 Å². The Bertz CT molecular complexity index is 1060. The molecule has 1 unspecified atom stereocenters. The minimum Gasteiger partial charge on any atom is -0.478 e. The highest BCUT2D eigenvalue weighted by molar-refractivity contribution is 5.88. The second-order valence-corrected chi connectivity index (χ2v) is 13.4. The predicted molar refractivity (Wildman–Crippen MR) is 192 cm³/mol. The first-order valence-corrected chi connectivity index (χ1v) is 15.1. The summed E-state index contributed by atoms with van der Waals surface area (Å²) in [6, 6.07) is 0. The average molecular weight is 685 g/mol. The van der Waals surface area contributed by atoms with E-state index in [0.29, 0.717) is 29.9 Å². The van der Waals surface area contributed by atoms with Gasteiger partial charge in [0, 0.05) is 40.4 Å². The molecule has 0 heterocycles. The number of carbonyl (C=O) groups excluding carboxylic acids is 4. The third-order valence-corrected chi connectivity index (χ3v) is 4.47. The lowest BCUT2D eigenvalue weighted by Crippen LogP contribution is -2.45. The van der Waals surface area contributed by atoms with E-state index in [-0.39, 0.29) is 40.9 Å². The first-order valence-electron chi connectivity index (χ1n) is 15.1. The van der Waals surface area contributed by atoms with Crippen LogP contribution in [0.2, 0.25) is 0 Å². The summed E-state index contributed by atoms with van der Waals surface area (Å²) in [7, 11) is 1.33. The number of amides is 1. The van der Waals surface area contributed by atoms with Gasteiger partial charge < -0.3 is 35.1 Å². The number of carbonyl (C=O) groups is 5. The molecule has 0 aromatic heterocycles. The fourth-order valence-electron chi connectivity index (χ4n) is 2.94. The third kappa shape index (κ3) is 48.9. The van der Waals surface area contributed by atoms with Gasteiger partial charge in [-0.05, 0) is 80.2 Å². The van der Waals surface area contributed by atoms with Crippen molar-refractivity contribution in [2.24, 2.45) is 5.41 Å². The minimum absolute atomic E-state index is 0.0334. The van der Waals surface area contributed by atoms with Crippen molar-refractivity contribution in [2.45, 2.75) is 107 Å². The topological polar surface area (TPSA) is 178 Å². The summed E-state index contributed by atoms with van der Waals surface area (Å²) in [4.78, 5) is 52.1. The molecule has 4 N–H and O–H groups in total. The Balaban J connectivity index is -0.000000167. The number of ether oxygens (including phenoxy) is 3. The second-order valence-electron chi connectivity index (χ2n) is 13.4. The number of aliphatic carboxylic acids is 1. The number of carboxylic acid groups (broad SMARTS) is 1. The third-order valence-electron chi connectivity index (χ3n) is 4.47. The van der Waals surface area contributed by atoms with Gasteiger partial charge in [-0.2, -0.15) is 0 Å². The summed E-state index contributed by atoms with van der Waals surface area (Å²) in [6.45, 7) is 40.8. The summed E-state index contributed by atoms with van der Waals surface area (Å²) in [5.74, 6) is -2.21. The molecule has 1 atom stereocenters. The van der Waals surface area contributed by atoms with Crippen molar-refractivity contribution in [1.29, 1.82) is 0 Å². The molecule has 278 valence electrons. The Labute approximate surface area is 289 Å². The summed E-state index contributed by atoms with van der Waals surface area (Å²) in [5, 5.41) is 22.4. The van der Waals surface area contributed by atoms with Gasteiger partial charge in [0.2, 0.25) is 5.91 Å². The molecule has 0 aromatic rings. The van der Waals surface area contributed by atoms with Crippen LogP contribution in [0.4, 0.5) is 0 Å². The van der Waals surface area contributed by atoms with Crippen LogP contribution < -0.4 is 10.6 Å². The maximum absolute atomic E-state index is 11.1. The molecule has 12 nitrogen and oxygen atoms in total. The highest BCUT2D eigenvalue weighted by Gasteiger charge is 2.26. The molecule has 0 aliphatic carbocycles. The van der Waals surface area contributed by atoms with E-state index in [0.717, 1.165) is 12.5 Å². The largest absolute Gasteiger partial charge is 0.478 e. The highest BCUT2D eigenvalue weighted by atomic mass is 16.5. The van der Waals surface area contributed by atoms with Gasteiger partial charge in [-0.25, -0.2) is 19.2 Å². The van der Waals surface area contributed by atoms with Crippen LogP contribution in [0.25, 0.3) is 0 Å². The quantitative estimate of drug-likeness (QED) is 0.0886. The van der Waals surface area contributed by atoms with E-state index in [1.807, 2.05) is 13.8 Å². The molecule has 0 aliphatic heterocycles. The lowest BCUT2D eigenvalue weighted by molar-refractivity contribution is -0.141. The Morgan fingerprint density at radius 1 is 0.771 bits per heavy atom. The van der Waals surface area contributed by atoms with Gasteiger partial charge in [0.05, 0.1) is 13.2 Å². The fraction of sp³-hybridized carbons (Fsp3) is 0.583. The van der Waals surface area contributed by atoms with Crippen molar-refractivity contribution >= 4 is 29.8 Å². The number of methoxy groups -OCH3 is 1. The molecule has 0 radical (unpaired) electrons. The molecule has 0 aromatic carbocycles. The number of nitrogens with one attached hydrogen (secondary N) is 2. The zero-order chi connectivity index (χ0) is 39.5. The standard InChI is InChI=1S/C11H21NO.C10H19NO2.C7H12O3.C5H8O2.C3H4O2/c1-7-9(13)12-11(5,6)8-10(2,3)4;1-8(2)9(12)13-7-6-11-10(3,4)5;1-5(2)7(9)10-4-6(3)8;1-4(2)5(6)7-3;1-2-3(4)5/h7H,1,8H2,2-6H3,(H,12,13);11H,1,6-7H2,2-5H3;6,8H,1,4H2,2-3H3;1H2,2-3H3;2H,1H2,(H,4,5). The van der Waals surface area contributed by atoms with Gasteiger partial charge in [-0.1, -0.05) is 53.7 Å². The first kappa shape index (κ1) is 53.5. The van der Waals surface area contributed by atoms with Crippen LogP contribution in [0.15, 0.2) is 61.8 Å². The van der Waals surface area contributed by atoms with Gasteiger partial charge in [-0.3, -0.25) is 4.79 Å². The molecule has 1 amide bonds.